The molecule has 1 aromatic heterocycles. The summed E-state index contributed by atoms with van der Waals surface area (Å²) in [5, 5.41) is 3.67. The lowest BCUT2D eigenvalue weighted by Gasteiger charge is -2.35. The number of hydrogen-bond acceptors (Lipinski definition) is 2. The largest absolute Gasteiger partial charge is 0.339 e. The van der Waals surface area contributed by atoms with Gasteiger partial charge in [0.15, 0.2) is 0 Å². The smallest absolute Gasteiger partial charge is 0.255 e. The molecule has 2 fully saturated rings. The van der Waals surface area contributed by atoms with Gasteiger partial charge in [0.1, 0.15) is 0 Å². The molecule has 1 N–H and O–H groups in total. The van der Waals surface area contributed by atoms with E-state index in [1.165, 1.54) is 24.0 Å². The highest BCUT2D eigenvalue weighted by atomic mass is 35.5. The lowest BCUT2D eigenvalue weighted by Crippen LogP contribution is -2.48. The van der Waals surface area contributed by atoms with Crippen LogP contribution < -0.4 is 5.32 Å². The number of rotatable bonds is 3. The van der Waals surface area contributed by atoms with E-state index >= 15 is 0 Å². The molecule has 2 bridgehead atoms. The Morgan fingerprint density at radius 1 is 1.00 bits per heavy atom. The Balaban J connectivity index is 0.00000225. The van der Waals surface area contributed by atoms with Crippen LogP contribution in [0.25, 0.3) is 5.69 Å². The highest BCUT2D eigenvalue weighted by Gasteiger charge is 2.37. The number of hydrogen-bond donors (Lipinski definition) is 1. The second kappa shape index (κ2) is 7.92. The second-order valence-corrected chi connectivity index (χ2v) is 8.65. The molecule has 0 aliphatic carbocycles. The fourth-order valence-corrected chi connectivity index (χ4v) is 5.16. The molecular formula is C23H32ClN3O. The Kier molecular flexibility index (Phi) is 5.92. The Bertz CT molecular complexity index is 856. The molecule has 28 heavy (non-hydrogen) atoms. The third-order valence-electron chi connectivity index (χ3n) is 6.44. The first kappa shape index (κ1) is 20.9. The first-order chi connectivity index (χ1) is 12.8. The van der Waals surface area contributed by atoms with Crippen LogP contribution in [0.15, 0.2) is 24.3 Å². The van der Waals surface area contributed by atoms with E-state index in [1.54, 1.807) is 0 Å². The van der Waals surface area contributed by atoms with E-state index in [9.17, 15) is 4.79 Å². The third-order valence-corrected chi connectivity index (χ3v) is 6.44. The number of fused-ring (bicyclic) bond motifs is 2. The van der Waals surface area contributed by atoms with Crippen molar-refractivity contribution < 1.29 is 4.79 Å². The molecule has 2 atom stereocenters. The maximum absolute atomic E-state index is 13.3. The molecule has 2 aliphatic rings. The highest BCUT2D eigenvalue weighted by Crippen LogP contribution is 2.31. The molecular weight excluding hydrogens is 370 g/mol. The molecule has 1 aromatic carbocycles. The van der Waals surface area contributed by atoms with Crippen molar-refractivity contribution in [2.45, 2.75) is 71.5 Å². The molecule has 0 spiro atoms. The van der Waals surface area contributed by atoms with E-state index < -0.39 is 0 Å². The lowest BCUT2D eigenvalue weighted by molar-refractivity contribution is 0.0681. The molecule has 1 amide bonds. The highest BCUT2D eigenvalue weighted by molar-refractivity contribution is 5.96. The Morgan fingerprint density at radius 3 is 2.14 bits per heavy atom. The Labute approximate surface area is 174 Å². The van der Waals surface area contributed by atoms with Crippen molar-refractivity contribution in [2.24, 2.45) is 0 Å². The maximum atomic E-state index is 13.3. The fourth-order valence-electron chi connectivity index (χ4n) is 5.16. The third kappa shape index (κ3) is 3.72. The van der Waals surface area contributed by atoms with Crippen LogP contribution in [0.3, 0.4) is 0 Å². The van der Waals surface area contributed by atoms with Gasteiger partial charge in [-0.15, -0.1) is 12.4 Å². The SMILES string of the molecule is Cc1cc(C)cc(-n2c(C)cc(C(=O)N(C)C3CC4CCC(C3)N4)c2C)c1.Cl. The Morgan fingerprint density at radius 2 is 1.57 bits per heavy atom. The number of benzene rings is 1. The van der Waals surface area contributed by atoms with Crippen LogP contribution in [0.2, 0.25) is 0 Å². The van der Waals surface area contributed by atoms with Gasteiger partial charge in [-0.1, -0.05) is 6.07 Å². The molecule has 5 heteroatoms. The van der Waals surface area contributed by atoms with Gasteiger partial charge in [0.05, 0.1) is 5.56 Å². The van der Waals surface area contributed by atoms with Gasteiger partial charge in [0.2, 0.25) is 0 Å². The molecule has 2 unspecified atom stereocenters. The van der Waals surface area contributed by atoms with Crippen molar-refractivity contribution in [2.75, 3.05) is 7.05 Å². The van der Waals surface area contributed by atoms with Crippen molar-refractivity contribution in [3.05, 3.63) is 52.3 Å². The molecule has 2 aromatic rings. The van der Waals surface area contributed by atoms with Crippen LogP contribution in [-0.4, -0.2) is 40.5 Å². The van der Waals surface area contributed by atoms with Crippen molar-refractivity contribution in [3.8, 4) is 5.69 Å². The van der Waals surface area contributed by atoms with Crippen LogP contribution in [0.1, 0.15) is 58.6 Å². The summed E-state index contributed by atoms with van der Waals surface area (Å²) >= 11 is 0. The molecule has 152 valence electrons. The molecule has 0 radical (unpaired) electrons. The predicted molar refractivity (Wildman–Crippen MR) is 117 cm³/mol. The zero-order valence-corrected chi connectivity index (χ0v) is 18.4. The van der Waals surface area contributed by atoms with Gasteiger partial charge in [-0.05, 0) is 82.7 Å². The van der Waals surface area contributed by atoms with Crippen LogP contribution in [0.4, 0.5) is 0 Å². The fraction of sp³-hybridized carbons (Fsp3) is 0.522. The van der Waals surface area contributed by atoms with Gasteiger partial charge in [-0.25, -0.2) is 0 Å². The number of carbonyl (C=O) groups is 1. The Hall–Kier alpha value is -1.78. The summed E-state index contributed by atoms with van der Waals surface area (Å²) in [5.74, 6) is 0.157. The van der Waals surface area contributed by atoms with Crippen molar-refractivity contribution >= 4 is 18.3 Å². The van der Waals surface area contributed by atoms with Crippen LogP contribution in [0.5, 0.6) is 0 Å². The number of carbonyl (C=O) groups excluding carboxylic acids is 1. The monoisotopic (exact) mass is 401 g/mol. The van der Waals surface area contributed by atoms with Crippen molar-refractivity contribution in [1.82, 2.24) is 14.8 Å². The average Bonchev–Trinajstić information content (AvgIpc) is 3.10. The van der Waals surface area contributed by atoms with E-state index in [2.05, 4.69) is 61.8 Å². The number of amides is 1. The summed E-state index contributed by atoms with van der Waals surface area (Å²) in [6.45, 7) is 8.40. The second-order valence-electron chi connectivity index (χ2n) is 8.65. The normalized spacial score (nSPS) is 23.4. The van der Waals surface area contributed by atoms with Crippen LogP contribution in [0, 0.1) is 27.7 Å². The summed E-state index contributed by atoms with van der Waals surface area (Å²) < 4.78 is 2.22. The first-order valence-electron chi connectivity index (χ1n) is 10.1. The van der Waals surface area contributed by atoms with E-state index in [4.69, 9.17) is 0 Å². The van der Waals surface area contributed by atoms with Gasteiger partial charge in [-0.2, -0.15) is 0 Å². The van der Waals surface area contributed by atoms with Gasteiger partial charge in [0, 0.05) is 42.2 Å². The van der Waals surface area contributed by atoms with E-state index in [0.717, 1.165) is 35.5 Å². The van der Waals surface area contributed by atoms with Gasteiger partial charge < -0.3 is 14.8 Å². The van der Waals surface area contributed by atoms with Crippen molar-refractivity contribution in [3.63, 3.8) is 0 Å². The molecule has 0 saturated carbocycles. The number of aryl methyl sites for hydroxylation is 3. The number of nitrogens with one attached hydrogen (secondary N) is 1. The average molecular weight is 402 g/mol. The summed E-state index contributed by atoms with van der Waals surface area (Å²) in [6, 6.07) is 10.1. The van der Waals surface area contributed by atoms with E-state index in [-0.39, 0.29) is 18.3 Å². The van der Waals surface area contributed by atoms with Crippen LogP contribution in [-0.2, 0) is 0 Å². The van der Waals surface area contributed by atoms with Gasteiger partial charge >= 0.3 is 0 Å². The van der Waals surface area contributed by atoms with Gasteiger partial charge in [-0.3, -0.25) is 4.79 Å². The number of halogens is 1. The molecule has 2 aliphatic heterocycles. The summed E-state index contributed by atoms with van der Waals surface area (Å²) in [6.07, 6.45) is 4.66. The topological polar surface area (TPSA) is 37.3 Å². The van der Waals surface area contributed by atoms with Gasteiger partial charge in [0.25, 0.3) is 5.91 Å². The minimum atomic E-state index is 0. The lowest BCUT2D eigenvalue weighted by atomic mass is 9.98. The first-order valence-corrected chi connectivity index (χ1v) is 10.1. The zero-order valence-electron chi connectivity index (χ0n) is 17.6. The summed E-state index contributed by atoms with van der Waals surface area (Å²) in [7, 11) is 1.99. The number of piperidine rings is 1. The summed E-state index contributed by atoms with van der Waals surface area (Å²) in [5.41, 5.74) is 6.61. The maximum Gasteiger partial charge on any atom is 0.255 e. The van der Waals surface area contributed by atoms with E-state index in [0.29, 0.717) is 18.1 Å². The molecule has 2 saturated heterocycles. The zero-order chi connectivity index (χ0) is 19.3. The van der Waals surface area contributed by atoms with Crippen molar-refractivity contribution in [1.29, 1.82) is 0 Å². The quantitative estimate of drug-likeness (QED) is 0.822. The molecule has 3 heterocycles. The number of aromatic nitrogens is 1. The molecule has 4 rings (SSSR count). The van der Waals surface area contributed by atoms with Crippen LogP contribution >= 0.6 is 12.4 Å². The standard InChI is InChI=1S/C23H31N3O.ClH/c1-14-8-15(2)10-21(9-14)26-16(3)11-22(17(26)4)23(27)25(5)20-12-18-6-7-19(13-20)24-18;/h8-11,18-20,24H,6-7,12-13H2,1-5H3;1H. The van der Waals surface area contributed by atoms with E-state index in [1.807, 2.05) is 11.9 Å². The summed E-state index contributed by atoms with van der Waals surface area (Å²) in [4.78, 5) is 15.3. The molecule has 4 nitrogen and oxygen atoms in total. The number of nitrogens with zero attached hydrogens (tertiary/aromatic N) is 2. The predicted octanol–water partition coefficient (Wildman–Crippen LogP) is 4.49. The minimum Gasteiger partial charge on any atom is -0.339 e. The minimum absolute atomic E-state index is 0.